The van der Waals surface area contributed by atoms with Crippen LogP contribution in [0, 0.1) is 0 Å². The molecule has 7 heteroatoms. The molecule has 1 unspecified atom stereocenters. The SMILES string of the molecule is COCO[C@H](c1cc(Cl)ccc1Cl)[C@@H](C)OC(N)O. The van der Waals surface area contributed by atoms with E-state index in [-0.39, 0.29) is 6.79 Å². The van der Waals surface area contributed by atoms with E-state index in [9.17, 15) is 0 Å². The lowest BCUT2D eigenvalue weighted by Crippen LogP contribution is -2.32. The van der Waals surface area contributed by atoms with E-state index in [4.69, 9.17) is 48.3 Å². The van der Waals surface area contributed by atoms with Crippen LogP contribution in [-0.2, 0) is 14.2 Å². The van der Waals surface area contributed by atoms with Crippen molar-refractivity contribution in [1.82, 2.24) is 0 Å². The van der Waals surface area contributed by atoms with Gasteiger partial charge in [-0.3, -0.25) is 5.73 Å². The summed E-state index contributed by atoms with van der Waals surface area (Å²) in [4.78, 5) is 0. The molecule has 0 spiro atoms. The molecule has 0 aromatic heterocycles. The van der Waals surface area contributed by atoms with Crippen molar-refractivity contribution in [3.05, 3.63) is 33.8 Å². The molecule has 1 aromatic rings. The molecule has 5 nitrogen and oxygen atoms in total. The van der Waals surface area contributed by atoms with Crippen molar-refractivity contribution in [2.45, 2.75) is 25.5 Å². The van der Waals surface area contributed by atoms with Gasteiger partial charge < -0.3 is 19.3 Å². The highest BCUT2D eigenvalue weighted by molar-refractivity contribution is 6.33. The Kier molecular flexibility index (Phi) is 7.02. The van der Waals surface area contributed by atoms with Gasteiger partial charge in [0.15, 0.2) is 0 Å². The highest BCUT2D eigenvalue weighted by atomic mass is 35.5. The average molecular weight is 310 g/mol. The van der Waals surface area contributed by atoms with E-state index in [2.05, 4.69) is 0 Å². The second-order valence-corrected chi connectivity index (χ2v) is 4.74. The van der Waals surface area contributed by atoms with Crippen LogP contribution in [0.15, 0.2) is 18.2 Å². The quantitative estimate of drug-likeness (QED) is 0.756. The number of halogens is 2. The maximum absolute atomic E-state index is 9.08. The molecule has 0 aliphatic carbocycles. The van der Waals surface area contributed by atoms with Crippen LogP contribution >= 0.6 is 23.2 Å². The molecule has 1 rings (SSSR count). The second-order valence-electron chi connectivity index (χ2n) is 3.89. The minimum absolute atomic E-state index is 0.0435. The average Bonchev–Trinajstić information content (AvgIpc) is 2.33. The first-order valence-electron chi connectivity index (χ1n) is 5.60. The van der Waals surface area contributed by atoms with E-state index in [1.807, 2.05) is 0 Å². The fourth-order valence-electron chi connectivity index (χ4n) is 1.64. The van der Waals surface area contributed by atoms with Gasteiger partial charge in [0.25, 0.3) is 0 Å². The molecule has 3 N–H and O–H groups in total. The normalized spacial score (nSPS) is 16.1. The molecule has 0 amide bonds. The van der Waals surface area contributed by atoms with E-state index in [0.717, 1.165) is 0 Å². The Morgan fingerprint density at radius 3 is 2.63 bits per heavy atom. The van der Waals surface area contributed by atoms with Gasteiger partial charge in [-0.25, -0.2) is 0 Å². The van der Waals surface area contributed by atoms with Crippen LogP contribution in [0.1, 0.15) is 18.6 Å². The zero-order chi connectivity index (χ0) is 14.4. The summed E-state index contributed by atoms with van der Waals surface area (Å²) in [7, 11) is 1.50. The summed E-state index contributed by atoms with van der Waals surface area (Å²) < 4.78 is 15.5. The molecule has 3 atom stereocenters. The highest BCUT2D eigenvalue weighted by Crippen LogP contribution is 2.32. The minimum Gasteiger partial charge on any atom is -0.359 e. The molecule has 1 aromatic carbocycles. The molecule has 0 heterocycles. The van der Waals surface area contributed by atoms with E-state index < -0.39 is 18.6 Å². The standard InChI is InChI=1S/C12H17Cl2NO4/c1-7(19-12(15)16)11(18-6-17-2)9-5-8(13)3-4-10(9)14/h3-5,7,11-12,16H,6,15H2,1-2H3/t7-,11+,12?/m1/s1. The Labute approximate surface area is 122 Å². The minimum atomic E-state index is -1.40. The monoisotopic (exact) mass is 309 g/mol. The first-order chi connectivity index (χ1) is 8.95. The third kappa shape index (κ3) is 5.24. The number of hydrogen-bond acceptors (Lipinski definition) is 5. The molecule has 0 aliphatic rings. The van der Waals surface area contributed by atoms with E-state index in [1.54, 1.807) is 25.1 Å². The van der Waals surface area contributed by atoms with Crippen LogP contribution in [-0.4, -0.2) is 31.5 Å². The molecule has 0 fully saturated rings. The van der Waals surface area contributed by atoms with Gasteiger partial charge in [-0.05, 0) is 25.1 Å². The van der Waals surface area contributed by atoms with E-state index in [0.29, 0.717) is 15.6 Å². The summed E-state index contributed by atoms with van der Waals surface area (Å²) in [5.41, 5.74) is 5.83. The maximum atomic E-state index is 9.08. The van der Waals surface area contributed by atoms with Crippen molar-refractivity contribution >= 4 is 23.2 Å². The zero-order valence-corrected chi connectivity index (χ0v) is 12.2. The topological polar surface area (TPSA) is 73.9 Å². The van der Waals surface area contributed by atoms with Gasteiger partial charge in [-0.15, -0.1) is 0 Å². The number of aliphatic hydroxyl groups excluding tert-OH is 1. The Balaban J connectivity index is 2.97. The van der Waals surface area contributed by atoms with Gasteiger partial charge in [-0.1, -0.05) is 23.2 Å². The van der Waals surface area contributed by atoms with Crippen LogP contribution in [0.3, 0.4) is 0 Å². The van der Waals surface area contributed by atoms with Gasteiger partial charge in [0.05, 0.1) is 6.10 Å². The lowest BCUT2D eigenvalue weighted by Gasteiger charge is -2.26. The fraction of sp³-hybridized carbons (Fsp3) is 0.500. The Hall–Kier alpha value is -0.400. The summed E-state index contributed by atoms with van der Waals surface area (Å²) in [6.07, 6.45) is -2.50. The van der Waals surface area contributed by atoms with Gasteiger partial charge >= 0.3 is 0 Å². The van der Waals surface area contributed by atoms with Crippen molar-refractivity contribution in [3.8, 4) is 0 Å². The number of hydrogen-bond donors (Lipinski definition) is 2. The summed E-state index contributed by atoms with van der Waals surface area (Å²) in [5, 5.41) is 10.1. The molecule has 19 heavy (non-hydrogen) atoms. The van der Waals surface area contributed by atoms with Crippen LogP contribution < -0.4 is 5.73 Å². The van der Waals surface area contributed by atoms with Crippen molar-refractivity contribution < 1.29 is 19.3 Å². The van der Waals surface area contributed by atoms with Crippen LogP contribution in [0.5, 0.6) is 0 Å². The first-order valence-corrected chi connectivity index (χ1v) is 6.36. The lowest BCUT2D eigenvalue weighted by molar-refractivity contribution is -0.184. The molecular formula is C12H17Cl2NO4. The number of aliphatic hydroxyl groups is 1. The van der Waals surface area contributed by atoms with Crippen molar-refractivity contribution in [2.75, 3.05) is 13.9 Å². The third-order valence-corrected chi connectivity index (χ3v) is 2.99. The van der Waals surface area contributed by atoms with Crippen LogP contribution in [0.2, 0.25) is 10.0 Å². The predicted octanol–water partition coefficient (Wildman–Crippen LogP) is 2.29. The van der Waals surface area contributed by atoms with Crippen LogP contribution in [0.4, 0.5) is 0 Å². The van der Waals surface area contributed by atoms with Gasteiger partial charge in [-0.2, -0.15) is 0 Å². The smallest absolute Gasteiger partial charge is 0.211 e. The number of nitrogens with two attached hydrogens (primary N) is 1. The predicted molar refractivity (Wildman–Crippen MR) is 72.9 cm³/mol. The molecule has 0 saturated carbocycles. The number of benzene rings is 1. The Morgan fingerprint density at radius 1 is 1.37 bits per heavy atom. The van der Waals surface area contributed by atoms with Crippen molar-refractivity contribution in [3.63, 3.8) is 0 Å². The van der Waals surface area contributed by atoms with Gasteiger partial charge in [0.1, 0.15) is 12.9 Å². The molecule has 0 radical (unpaired) electrons. The number of methoxy groups -OCH3 is 1. The van der Waals surface area contributed by atoms with E-state index in [1.165, 1.54) is 7.11 Å². The Bertz CT molecular complexity index is 403. The highest BCUT2D eigenvalue weighted by Gasteiger charge is 2.25. The largest absolute Gasteiger partial charge is 0.359 e. The Morgan fingerprint density at radius 2 is 2.05 bits per heavy atom. The summed E-state index contributed by atoms with van der Waals surface area (Å²) in [5.74, 6) is 0. The number of ether oxygens (including phenoxy) is 3. The van der Waals surface area contributed by atoms with Gasteiger partial charge in [0.2, 0.25) is 6.41 Å². The fourth-order valence-corrected chi connectivity index (χ4v) is 2.05. The first kappa shape index (κ1) is 16.7. The summed E-state index contributed by atoms with van der Waals surface area (Å²) >= 11 is 12.1. The summed E-state index contributed by atoms with van der Waals surface area (Å²) in [6.45, 7) is 1.75. The second kappa shape index (κ2) is 8.01. The maximum Gasteiger partial charge on any atom is 0.211 e. The summed E-state index contributed by atoms with van der Waals surface area (Å²) in [6, 6.07) is 5.00. The molecule has 108 valence electrons. The molecule has 0 aliphatic heterocycles. The molecule has 0 bridgehead atoms. The number of rotatable bonds is 7. The lowest BCUT2D eigenvalue weighted by atomic mass is 10.1. The third-order valence-electron chi connectivity index (χ3n) is 2.41. The van der Waals surface area contributed by atoms with E-state index >= 15 is 0 Å². The van der Waals surface area contributed by atoms with Crippen molar-refractivity contribution in [1.29, 1.82) is 0 Å². The van der Waals surface area contributed by atoms with Crippen LogP contribution in [0.25, 0.3) is 0 Å². The zero-order valence-electron chi connectivity index (χ0n) is 10.7. The molecular weight excluding hydrogens is 293 g/mol. The van der Waals surface area contributed by atoms with Gasteiger partial charge in [0, 0.05) is 22.7 Å². The molecule has 0 saturated heterocycles. The van der Waals surface area contributed by atoms with Crippen molar-refractivity contribution in [2.24, 2.45) is 5.73 Å².